The fourth-order valence-electron chi connectivity index (χ4n) is 1.86. The second-order valence-corrected chi connectivity index (χ2v) is 5.15. The number of carbonyl (C=O) groups excluding carboxylic acids is 3. The molecule has 0 saturated carbocycles. The number of nitrogens with one attached hydrogen (secondary N) is 2. The topological polar surface area (TPSA) is 93.7 Å². The molecule has 1 aliphatic rings. The van der Waals surface area contributed by atoms with E-state index in [0.29, 0.717) is 5.69 Å². The highest BCUT2D eigenvalue weighted by atomic mass is 19.1. The molecule has 0 aliphatic carbocycles. The molecular formula is C15H15FN2O5. The molecule has 0 unspecified atom stereocenters. The third-order valence-electron chi connectivity index (χ3n) is 2.94. The molecule has 1 fully saturated rings. The van der Waals surface area contributed by atoms with Crippen LogP contribution in [-0.4, -0.2) is 30.7 Å². The number of rotatable bonds is 3. The number of ether oxygens (including phenoxy) is 2. The zero-order chi connectivity index (χ0) is 17.2. The third kappa shape index (κ3) is 3.65. The van der Waals surface area contributed by atoms with E-state index in [0.717, 1.165) is 12.3 Å². The number of cyclic esters (lactones) is 2. The highest BCUT2D eigenvalue weighted by molar-refractivity contribution is 6.15. The van der Waals surface area contributed by atoms with Crippen molar-refractivity contribution in [3.63, 3.8) is 0 Å². The molecule has 23 heavy (non-hydrogen) atoms. The predicted molar refractivity (Wildman–Crippen MR) is 77.8 cm³/mol. The summed E-state index contributed by atoms with van der Waals surface area (Å²) < 4.78 is 23.4. The van der Waals surface area contributed by atoms with Crippen LogP contribution in [0.5, 0.6) is 0 Å². The lowest BCUT2D eigenvalue weighted by molar-refractivity contribution is -0.222. The van der Waals surface area contributed by atoms with E-state index in [1.54, 1.807) is 0 Å². The minimum Gasteiger partial charge on any atom is -0.419 e. The molecular weight excluding hydrogens is 307 g/mol. The molecule has 1 heterocycles. The maximum absolute atomic E-state index is 13.6. The summed E-state index contributed by atoms with van der Waals surface area (Å²) in [7, 11) is 1.37. The summed E-state index contributed by atoms with van der Waals surface area (Å²) >= 11 is 0. The summed E-state index contributed by atoms with van der Waals surface area (Å²) in [5.41, 5.74) is -0.205. The van der Waals surface area contributed by atoms with Crippen LogP contribution in [0.3, 0.4) is 0 Å². The van der Waals surface area contributed by atoms with Crippen molar-refractivity contribution in [1.29, 1.82) is 0 Å². The number of halogens is 1. The van der Waals surface area contributed by atoms with E-state index < -0.39 is 29.5 Å². The Hall–Kier alpha value is -2.90. The van der Waals surface area contributed by atoms with Crippen LogP contribution in [0.4, 0.5) is 10.1 Å². The predicted octanol–water partition coefficient (Wildman–Crippen LogP) is 1.32. The van der Waals surface area contributed by atoms with E-state index in [4.69, 9.17) is 9.47 Å². The van der Waals surface area contributed by atoms with Gasteiger partial charge in [-0.25, -0.2) is 14.0 Å². The molecule has 0 atom stereocenters. The molecule has 0 radical (unpaired) electrons. The Labute approximate surface area is 131 Å². The second-order valence-electron chi connectivity index (χ2n) is 5.15. The Morgan fingerprint density at radius 3 is 2.39 bits per heavy atom. The zero-order valence-corrected chi connectivity index (χ0v) is 12.7. The Morgan fingerprint density at radius 1 is 1.22 bits per heavy atom. The summed E-state index contributed by atoms with van der Waals surface area (Å²) in [5.74, 6) is -4.30. The molecule has 0 aromatic heterocycles. The Bertz CT molecular complexity index is 690. The maximum Gasteiger partial charge on any atom is 0.350 e. The first kappa shape index (κ1) is 16.5. The van der Waals surface area contributed by atoms with Gasteiger partial charge in [-0.3, -0.25) is 4.79 Å². The van der Waals surface area contributed by atoms with Gasteiger partial charge in [0.1, 0.15) is 5.82 Å². The van der Waals surface area contributed by atoms with Crippen molar-refractivity contribution in [2.24, 2.45) is 0 Å². The molecule has 1 amide bonds. The van der Waals surface area contributed by atoms with Gasteiger partial charge in [-0.1, -0.05) is 0 Å². The molecule has 0 spiro atoms. The minimum atomic E-state index is -1.33. The van der Waals surface area contributed by atoms with Gasteiger partial charge in [-0.15, -0.1) is 0 Å². The standard InChI is InChI=1S/C15H15FN2O5/c1-15(2)22-13(20)10(14(21)23-15)7-18-8-4-5-11(16)9(6-8)12(19)17-3/h4-7,18H,1-3H3,(H,17,19). The summed E-state index contributed by atoms with van der Waals surface area (Å²) in [6, 6.07) is 3.68. The van der Waals surface area contributed by atoms with Crippen LogP contribution in [0.1, 0.15) is 24.2 Å². The average molecular weight is 322 g/mol. The van der Waals surface area contributed by atoms with Crippen LogP contribution in [0.2, 0.25) is 0 Å². The van der Waals surface area contributed by atoms with E-state index >= 15 is 0 Å². The lowest BCUT2D eigenvalue weighted by Crippen LogP contribution is -2.42. The molecule has 1 aliphatic heterocycles. The van der Waals surface area contributed by atoms with E-state index in [1.165, 1.54) is 33.0 Å². The monoisotopic (exact) mass is 322 g/mol. The highest BCUT2D eigenvalue weighted by Crippen LogP contribution is 2.23. The third-order valence-corrected chi connectivity index (χ3v) is 2.94. The number of carbonyl (C=O) groups is 3. The van der Waals surface area contributed by atoms with Crippen molar-refractivity contribution in [2.45, 2.75) is 19.6 Å². The first-order valence-electron chi connectivity index (χ1n) is 6.68. The van der Waals surface area contributed by atoms with Gasteiger partial charge in [-0.2, -0.15) is 0 Å². The Balaban J connectivity index is 2.22. The molecule has 0 bridgehead atoms. The fourth-order valence-corrected chi connectivity index (χ4v) is 1.86. The number of amides is 1. The quantitative estimate of drug-likeness (QED) is 0.495. The van der Waals surface area contributed by atoms with Gasteiger partial charge in [0.15, 0.2) is 5.57 Å². The van der Waals surface area contributed by atoms with E-state index in [2.05, 4.69) is 10.6 Å². The summed E-state index contributed by atoms with van der Waals surface area (Å²) in [6.07, 6.45) is 1.08. The van der Waals surface area contributed by atoms with Crippen LogP contribution >= 0.6 is 0 Å². The van der Waals surface area contributed by atoms with Crippen LogP contribution in [0.25, 0.3) is 0 Å². The Morgan fingerprint density at radius 2 is 1.83 bits per heavy atom. The van der Waals surface area contributed by atoms with Crippen molar-refractivity contribution in [1.82, 2.24) is 5.32 Å². The molecule has 2 N–H and O–H groups in total. The molecule has 1 saturated heterocycles. The first-order chi connectivity index (χ1) is 10.7. The number of benzene rings is 1. The molecule has 1 aromatic rings. The van der Waals surface area contributed by atoms with E-state index in [9.17, 15) is 18.8 Å². The molecule has 122 valence electrons. The second kappa shape index (κ2) is 6.07. The van der Waals surface area contributed by atoms with Crippen LogP contribution < -0.4 is 10.6 Å². The van der Waals surface area contributed by atoms with Crippen LogP contribution in [-0.2, 0) is 19.1 Å². The molecule has 7 nitrogen and oxygen atoms in total. The lowest BCUT2D eigenvalue weighted by Gasteiger charge is -2.29. The van der Waals surface area contributed by atoms with E-state index in [-0.39, 0.29) is 11.1 Å². The van der Waals surface area contributed by atoms with E-state index in [1.807, 2.05) is 0 Å². The average Bonchev–Trinajstić information content (AvgIpc) is 2.46. The van der Waals surface area contributed by atoms with Crippen molar-refractivity contribution in [3.8, 4) is 0 Å². The number of hydrogen-bond donors (Lipinski definition) is 2. The zero-order valence-electron chi connectivity index (χ0n) is 12.7. The van der Waals surface area contributed by atoms with Crippen molar-refractivity contribution in [2.75, 3.05) is 12.4 Å². The minimum absolute atomic E-state index is 0.175. The molecule has 8 heteroatoms. The van der Waals surface area contributed by atoms with Crippen molar-refractivity contribution in [3.05, 3.63) is 41.4 Å². The maximum atomic E-state index is 13.6. The van der Waals surface area contributed by atoms with Gasteiger partial charge in [0, 0.05) is 32.8 Å². The van der Waals surface area contributed by atoms with Crippen molar-refractivity contribution >= 4 is 23.5 Å². The summed E-state index contributed by atoms with van der Waals surface area (Å²) in [5, 5.41) is 4.95. The van der Waals surface area contributed by atoms with Crippen LogP contribution in [0, 0.1) is 5.82 Å². The summed E-state index contributed by atoms with van der Waals surface area (Å²) in [4.78, 5) is 35.0. The van der Waals surface area contributed by atoms with Gasteiger partial charge in [0.25, 0.3) is 11.7 Å². The molecule has 2 rings (SSSR count). The van der Waals surface area contributed by atoms with Gasteiger partial charge in [0.2, 0.25) is 0 Å². The van der Waals surface area contributed by atoms with Gasteiger partial charge < -0.3 is 20.1 Å². The Kier molecular flexibility index (Phi) is 4.35. The number of esters is 2. The van der Waals surface area contributed by atoms with Gasteiger partial charge >= 0.3 is 11.9 Å². The van der Waals surface area contributed by atoms with Crippen LogP contribution in [0.15, 0.2) is 30.0 Å². The number of anilines is 1. The SMILES string of the molecule is CNC(=O)c1cc(NC=C2C(=O)OC(C)(C)OC2=O)ccc1F. The van der Waals surface area contributed by atoms with Gasteiger partial charge in [0.05, 0.1) is 5.56 Å². The highest BCUT2D eigenvalue weighted by Gasteiger charge is 2.38. The number of hydrogen-bond acceptors (Lipinski definition) is 6. The first-order valence-corrected chi connectivity index (χ1v) is 6.68. The largest absolute Gasteiger partial charge is 0.419 e. The fraction of sp³-hybridized carbons (Fsp3) is 0.267. The normalized spacial score (nSPS) is 16.3. The summed E-state index contributed by atoms with van der Waals surface area (Å²) in [6.45, 7) is 2.87. The smallest absolute Gasteiger partial charge is 0.350 e. The molecule has 1 aromatic carbocycles. The van der Waals surface area contributed by atoms with Gasteiger partial charge in [-0.05, 0) is 18.2 Å². The lowest BCUT2D eigenvalue weighted by atomic mass is 10.1. The van der Waals surface area contributed by atoms with Crippen molar-refractivity contribution < 1.29 is 28.2 Å².